The van der Waals surface area contributed by atoms with Gasteiger partial charge < -0.3 is 30.3 Å². The lowest BCUT2D eigenvalue weighted by molar-refractivity contribution is -0.137. The van der Waals surface area contributed by atoms with Crippen molar-refractivity contribution in [1.29, 1.82) is 0 Å². The number of allylic oxidation sites excluding steroid dienone is 3. The van der Waals surface area contributed by atoms with Crippen LogP contribution in [0.15, 0.2) is 59.5 Å². The van der Waals surface area contributed by atoms with E-state index in [-0.39, 0.29) is 17.4 Å². The zero-order valence-corrected chi connectivity index (χ0v) is 17.1. The van der Waals surface area contributed by atoms with Gasteiger partial charge in [-0.05, 0) is 62.7 Å². The van der Waals surface area contributed by atoms with E-state index in [1.165, 1.54) is 12.1 Å². The maximum absolute atomic E-state index is 13.4. The Bertz CT molecular complexity index is 918. The number of nitrogens with one attached hydrogen (secondary N) is 2. The number of hydrogen-bond acceptors (Lipinski definition) is 6. The van der Waals surface area contributed by atoms with E-state index < -0.39 is 29.1 Å². The molecule has 166 valence electrons. The number of piperidine rings is 1. The SMILES string of the molecule is CC1=CC=C(OCC2CCCNC2)[C@@](Oc2ccc(F)cc2)(/C(=C\C(=O)O)C(=O)O)N1. The quantitative estimate of drug-likeness (QED) is 0.463. The van der Waals surface area contributed by atoms with Crippen LogP contribution in [-0.2, 0) is 14.3 Å². The number of ether oxygens (including phenoxy) is 2. The summed E-state index contributed by atoms with van der Waals surface area (Å²) in [5, 5.41) is 25.4. The summed E-state index contributed by atoms with van der Waals surface area (Å²) in [6.45, 7) is 3.67. The third-order valence-electron chi connectivity index (χ3n) is 5.04. The molecule has 0 aromatic heterocycles. The van der Waals surface area contributed by atoms with Crippen molar-refractivity contribution < 1.29 is 33.7 Å². The molecule has 8 nitrogen and oxygen atoms in total. The van der Waals surface area contributed by atoms with Crippen LogP contribution < -0.4 is 15.4 Å². The second-order valence-corrected chi connectivity index (χ2v) is 7.47. The molecule has 1 fully saturated rings. The van der Waals surface area contributed by atoms with Gasteiger partial charge in [-0.2, -0.15) is 0 Å². The standard InChI is InChI=1S/C22H25FN2O6/c1-14-4-9-19(30-13-15-3-2-10-24-12-15)22(25-14,18(21(28)29)11-20(26)27)31-17-7-5-16(23)6-8-17/h4-9,11,15,24-25H,2-3,10,12-13H2,1H3,(H,26,27)(H,28,29)/b18-11-/t15?,22-/m0/s1. The van der Waals surface area contributed by atoms with Gasteiger partial charge in [-0.15, -0.1) is 0 Å². The van der Waals surface area contributed by atoms with Crippen LogP contribution in [0.3, 0.4) is 0 Å². The molecule has 31 heavy (non-hydrogen) atoms. The monoisotopic (exact) mass is 432 g/mol. The largest absolute Gasteiger partial charge is 0.491 e. The third-order valence-corrected chi connectivity index (χ3v) is 5.04. The van der Waals surface area contributed by atoms with Crippen LogP contribution in [0.2, 0.25) is 0 Å². The predicted octanol–water partition coefficient (Wildman–Crippen LogP) is 2.40. The molecule has 1 aromatic carbocycles. The number of benzene rings is 1. The fourth-order valence-corrected chi connectivity index (χ4v) is 3.57. The van der Waals surface area contributed by atoms with Crippen molar-refractivity contribution in [2.75, 3.05) is 19.7 Å². The molecule has 1 aromatic rings. The Hall–Kier alpha value is -3.33. The number of carboxylic acids is 2. The molecule has 1 unspecified atom stereocenters. The van der Waals surface area contributed by atoms with Crippen LogP contribution in [0, 0.1) is 11.7 Å². The van der Waals surface area contributed by atoms with Crippen LogP contribution >= 0.6 is 0 Å². The van der Waals surface area contributed by atoms with E-state index in [1.807, 2.05) is 0 Å². The van der Waals surface area contributed by atoms with Crippen LogP contribution in [-0.4, -0.2) is 47.6 Å². The van der Waals surface area contributed by atoms with Gasteiger partial charge in [0, 0.05) is 24.2 Å². The summed E-state index contributed by atoms with van der Waals surface area (Å²) in [5.41, 5.74) is -2.00. The van der Waals surface area contributed by atoms with Crippen LogP contribution in [0.4, 0.5) is 4.39 Å². The lowest BCUT2D eigenvalue weighted by Crippen LogP contribution is -2.56. The van der Waals surface area contributed by atoms with E-state index in [2.05, 4.69) is 10.6 Å². The van der Waals surface area contributed by atoms with Gasteiger partial charge in [0.2, 0.25) is 0 Å². The highest BCUT2D eigenvalue weighted by atomic mass is 19.1. The minimum Gasteiger partial charge on any atom is -0.491 e. The van der Waals surface area contributed by atoms with Crippen molar-refractivity contribution >= 4 is 11.9 Å². The number of dihydropyridines is 1. The van der Waals surface area contributed by atoms with Crippen LogP contribution in [0.25, 0.3) is 0 Å². The predicted molar refractivity (Wildman–Crippen MR) is 110 cm³/mol. The van der Waals surface area contributed by atoms with Gasteiger partial charge in [-0.3, -0.25) is 0 Å². The first kappa shape index (κ1) is 22.4. The molecule has 2 atom stereocenters. The Balaban J connectivity index is 2.03. The first-order valence-electron chi connectivity index (χ1n) is 9.94. The summed E-state index contributed by atoms with van der Waals surface area (Å²) in [7, 11) is 0. The fraction of sp³-hybridized carbons (Fsp3) is 0.364. The van der Waals surface area contributed by atoms with Gasteiger partial charge in [-0.1, -0.05) is 0 Å². The van der Waals surface area contributed by atoms with Crippen molar-refractivity contribution in [1.82, 2.24) is 10.6 Å². The lowest BCUT2D eigenvalue weighted by atomic mass is 9.95. The molecule has 2 aliphatic rings. The fourth-order valence-electron chi connectivity index (χ4n) is 3.57. The van der Waals surface area contributed by atoms with Crippen LogP contribution in [0.1, 0.15) is 19.8 Å². The smallest absolute Gasteiger partial charge is 0.338 e. The molecule has 4 N–H and O–H groups in total. The summed E-state index contributed by atoms with van der Waals surface area (Å²) in [5.74, 6) is -3.00. The Labute approximate surface area is 179 Å². The highest BCUT2D eigenvalue weighted by Crippen LogP contribution is 2.35. The van der Waals surface area contributed by atoms with Crippen molar-refractivity contribution in [3.8, 4) is 5.75 Å². The first-order chi connectivity index (χ1) is 14.8. The van der Waals surface area contributed by atoms with Gasteiger partial charge >= 0.3 is 11.9 Å². The maximum Gasteiger partial charge on any atom is 0.338 e. The second-order valence-electron chi connectivity index (χ2n) is 7.47. The van der Waals surface area contributed by atoms with Gasteiger partial charge in [0.1, 0.15) is 17.1 Å². The zero-order chi connectivity index (χ0) is 22.4. The average Bonchev–Trinajstić information content (AvgIpc) is 2.73. The number of carboxylic acid groups (broad SMARTS) is 2. The summed E-state index contributed by atoms with van der Waals surface area (Å²) in [4.78, 5) is 23.6. The lowest BCUT2D eigenvalue weighted by Gasteiger charge is -2.40. The molecule has 2 aliphatic heterocycles. The minimum absolute atomic E-state index is 0.0999. The molecular weight excluding hydrogens is 407 g/mol. The second kappa shape index (κ2) is 9.65. The summed E-state index contributed by atoms with van der Waals surface area (Å²) in [6, 6.07) is 4.98. The highest BCUT2D eigenvalue weighted by Gasteiger charge is 2.48. The van der Waals surface area contributed by atoms with Crippen molar-refractivity contribution in [2.24, 2.45) is 5.92 Å². The number of halogens is 1. The van der Waals surface area contributed by atoms with Gasteiger partial charge in [-0.25, -0.2) is 14.0 Å². The molecule has 0 bridgehead atoms. The topological polar surface area (TPSA) is 117 Å². The first-order valence-corrected chi connectivity index (χ1v) is 9.94. The summed E-state index contributed by atoms with van der Waals surface area (Å²) < 4.78 is 25.4. The van der Waals surface area contributed by atoms with Gasteiger partial charge in [0.05, 0.1) is 6.61 Å². The van der Waals surface area contributed by atoms with Crippen molar-refractivity contribution in [3.05, 3.63) is 65.3 Å². The number of rotatable bonds is 8. The molecule has 2 heterocycles. The Morgan fingerprint density at radius 2 is 2.00 bits per heavy atom. The molecule has 0 spiro atoms. The number of carbonyl (C=O) groups is 2. The molecular formula is C22H25FN2O6. The molecule has 0 aliphatic carbocycles. The average molecular weight is 432 g/mol. The number of aliphatic carboxylic acids is 2. The van der Waals surface area contributed by atoms with E-state index in [4.69, 9.17) is 9.47 Å². The molecule has 0 amide bonds. The minimum atomic E-state index is -1.96. The molecule has 3 rings (SSSR count). The Kier molecular flexibility index (Phi) is 6.96. The normalized spacial score (nSPS) is 23.8. The van der Waals surface area contributed by atoms with Crippen molar-refractivity contribution in [2.45, 2.75) is 25.5 Å². The summed E-state index contributed by atoms with van der Waals surface area (Å²) >= 11 is 0. The van der Waals surface area contributed by atoms with E-state index in [1.54, 1.807) is 19.1 Å². The third kappa shape index (κ3) is 5.43. The molecule has 0 saturated carbocycles. The van der Waals surface area contributed by atoms with Gasteiger partial charge in [0.25, 0.3) is 5.72 Å². The highest BCUT2D eigenvalue weighted by molar-refractivity contribution is 5.97. The van der Waals surface area contributed by atoms with E-state index >= 15 is 0 Å². The van der Waals surface area contributed by atoms with Crippen LogP contribution in [0.5, 0.6) is 5.75 Å². The number of hydrogen-bond donors (Lipinski definition) is 4. The summed E-state index contributed by atoms with van der Waals surface area (Å²) in [6.07, 6.45) is 5.76. The van der Waals surface area contributed by atoms with E-state index in [0.29, 0.717) is 18.4 Å². The van der Waals surface area contributed by atoms with Crippen molar-refractivity contribution in [3.63, 3.8) is 0 Å². The van der Waals surface area contributed by atoms with E-state index in [0.717, 1.165) is 38.1 Å². The van der Waals surface area contributed by atoms with E-state index in [9.17, 15) is 24.2 Å². The maximum atomic E-state index is 13.4. The zero-order valence-electron chi connectivity index (χ0n) is 17.1. The molecule has 0 radical (unpaired) electrons. The van der Waals surface area contributed by atoms with Gasteiger partial charge in [0.15, 0.2) is 5.76 Å². The molecule has 9 heteroatoms. The Morgan fingerprint density at radius 1 is 1.26 bits per heavy atom. The molecule has 1 saturated heterocycles. The Morgan fingerprint density at radius 3 is 2.61 bits per heavy atom.